The Kier molecular flexibility index (Phi) is 3.26. The molecular weight excluding hydrogens is 252 g/mol. The van der Waals surface area contributed by atoms with Gasteiger partial charge in [0.05, 0.1) is 0 Å². The van der Waals surface area contributed by atoms with Gasteiger partial charge in [0.25, 0.3) is 0 Å². The average molecular weight is 266 g/mol. The van der Waals surface area contributed by atoms with E-state index in [0.717, 1.165) is 16.7 Å². The van der Waals surface area contributed by atoms with Gasteiger partial charge in [0.15, 0.2) is 0 Å². The summed E-state index contributed by atoms with van der Waals surface area (Å²) in [6, 6.07) is 11.1. The molecule has 0 saturated carbocycles. The zero-order chi connectivity index (χ0) is 13.9. The molecule has 0 amide bonds. The second-order valence-corrected chi connectivity index (χ2v) is 4.54. The lowest BCUT2D eigenvalue weighted by Crippen LogP contribution is -2.12. The first-order chi connectivity index (χ1) is 9.75. The first-order valence-corrected chi connectivity index (χ1v) is 6.31. The predicted octanol–water partition coefficient (Wildman–Crippen LogP) is 2.49. The Balaban J connectivity index is 1.93. The molecule has 5 nitrogen and oxygen atoms in total. The van der Waals surface area contributed by atoms with Gasteiger partial charge in [-0.2, -0.15) is 4.98 Å². The molecule has 100 valence electrons. The topological polar surface area (TPSA) is 77.8 Å². The number of hydrogen-bond donors (Lipinski definition) is 1. The van der Waals surface area contributed by atoms with Gasteiger partial charge in [-0.15, -0.1) is 0 Å². The van der Waals surface area contributed by atoms with Crippen molar-refractivity contribution in [1.29, 1.82) is 0 Å². The minimum atomic E-state index is -0.422. The van der Waals surface area contributed by atoms with E-state index in [-0.39, 0.29) is 0 Å². The van der Waals surface area contributed by atoms with Crippen molar-refractivity contribution in [3.8, 4) is 11.4 Å². The first-order valence-electron chi connectivity index (χ1n) is 6.31. The van der Waals surface area contributed by atoms with Crippen molar-refractivity contribution in [3.63, 3.8) is 0 Å². The Bertz CT molecular complexity index is 709. The fourth-order valence-corrected chi connectivity index (χ4v) is 1.97. The molecule has 20 heavy (non-hydrogen) atoms. The number of nitrogens with zero attached hydrogens (tertiary/aromatic N) is 3. The van der Waals surface area contributed by atoms with E-state index in [2.05, 4.69) is 15.1 Å². The van der Waals surface area contributed by atoms with Crippen LogP contribution in [0.25, 0.3) is 11.4 Å². The third kappa shape index (κ3) is 2.31. The lowest BCUT2D eigenvalue weighted by Gasteiger charge is -2.05. The van der Waals surface area contributed by atoms with Crippen LogP contribution in [0.3, 0.4) is 0 Å². The Morgan fingerprint density at radius 1 is 1.15 bits per heavy atom. The van der Waals surface area contributed by atoms with E-state index >= 15 is 0 Å². The van der Waals surface area contributed by atoms with Crippen LogP contribution in [0.5, 0.6) is 0 Å². The molecule has 0 bridgehead atoms. The van der Waals surface area contributed by atoms with Gasteiger partial charge in [-0.1, -0.05) is 35.5 Å². The second-order valence-electron chi connectivity index (χ2n) is 4.54. The smallest absolute Gasteiger partial charge is 0.248 e. The van der Waals surface area contributed by atoms with E-state index in [4.69, 9.17) is 10.3 Å². The minimum Gasteiger partial charge on any atom is -0.337 e. The lowest BCUT2D eigenvalue weighted by molar-refractivity contribution is 0.367. The Morgan fingerprint density at radius 2 is 1.95 bits per heavy atom. The summed E-state index contributed by atoms with van der Waals surface area (Å²) < 4.78 is 5.28. The number of nitrogens with two attached hydrogens (primary N) is 1. The molecule has 0 unspecified atom stereocenters. The van der Waals surface area contributed by atoms with Crippen LogP contribution in [-0.4, -0.2) is 15.1 Å². The van der Waals surface area contributed by atoms with Crippen molar-refractivity contribution in [3.05, 3.63) is 65.8 Å². The number of aromatic nitrogens is 3. The fraction of sp³-hybridized carbons (Fsp3) is 0.133. The molecule has 0 fully saturated rings. The Hall–Kier alpha value is -2.53. The second kappa shape index (κ2) is 5.22. The largest absolute Gasteiger partial charge is 0.337 e. The predicted molar refractivity (Wildman–Crippen MR) is 74.7 cm³/mol. The summed E-state index contributed by atoms with van der Waals surface area (Å²) in [5, 5.41) is 3.99. The van der Waals surface area contributed by atoms with Gasteiger partial charge in [-0.3, -0.25) is 4.98 Å². The van der Waals surface area contributed by atoms with E-state index in [0.29, 0.717) is 11.7 Å². The number of rotatable bonds is 3. The summed E-state index contributed by atoms with van der Waals surface area (Å²) in [6.07, 6.45) is 3.45. The van der Waals surface area contributed by atoms with Crippen molar-refractivity contribution in [2.24, 2.45) is 5.73 Å². The summed E-state index contributed by atoms with van der Waals surface area (Å²) >= 11 is 0. The van der Waals surface area contributed by atoms with E-state index in [1.54, 1.807) is 12.4 Å². The molecule has 3 aromatic rings. The van der Waals surface area contributed by atoms with Crippen molar-refractivity contribution >= 4 is 0 Å². The highest BCUT2D eigenvalue weighted by molar-refractivity contribution is 5.57. The van der Waals surface area contributed by atoms with Crippen LogP contribution in [0.1, 0.15) is 23.1 Å². The molecule has 0 spiro atoms. The standard InChI is InChI=1S/C15H14N4O/c1-10-7-8-17-9-12(10)14-18-15(20-19-14)13(16)11-5-3-2-4-6-11/h2-9,13H,16H2,1H3/t13-/m1/s1. The summed E-state index contributed by atoms with van der Waals surface area (Å²) in [4.78, 5) is 8.46. The van der Waals surface area contributed by atoms with Crippen LogP contribution in [0.2, 0.25) is 0 Å². The van der Waals surface area contributed by atoms with Crippen LogP contribution < -0.4 is 5.73 Å². The van der Waals surface area contributed by atoms with Crippen molar-refractivity contribution in [2.45, 2.75) is 13.0 Å². The molecular formula is C15H14N4O. The summed E-state index contributed by atoms with van der Waals surface area (Å²) in [5.41, 5.74) is 8.96. The van der Waals surface area contributed by atoms with Gasteiger partial charge in [0.2, 0.25) is 11.7 Å². The normalized spacial score (nSPS) is 12.3. The maximum absolute atomic E-state index is 6.13. The molecule has 0 radical (unpaired) electrons. The van der Waals surface area contributed by atoms with Gasteiger partial charge >= 0.3 is 0 Å². The lowest BCUT2D eigenvalue weighted by atomic mass is 10.1. The number of pyridine rings is 1. The molecule has 1 atom stereocenters. The zero-order valence-corrected chi connectivity index (χ0v) is 11.0. The third-order valence-corrected chi connectivity index (χ3v) is 3.15. The summed E-state index contributed by atoms with van der Waals surface area (Å²) in [5.74, 6) is 0.909. The Morgan fingerprint density at radius 3 is 2.70 bits per heavy atom. The number of benzene rings is 1. The van der Waals surface area contributed by atoms with E-state index in [1.807, 2.05) is 43.3 Å². The highest BCUT2D eigenvalue weighted by Crippen LogP contribution is 2.23. The van der Waals surface area contributed by atoms with E-state index in [9.17, 15) is 0 Å². The first kappa shape index (κ1) is 12.5. The van der Waals surface area contributed by atoms with Gasteiger partial charge in [0.1, 0.15) is 6.04 Å². The maximum Gasteiger partial charge on any atom is 0.248 e. The molecule has 0 aliphatic carbocycles. The Labute approximate surface area is 116 Å². The maximum atomic E-state index is 6.13. The van der Waals surface area contributed by atoms with Crippen molar-refractivity contribution < 1.29 is 4.52 Å². The van der Waals surface area contributed by atoms with Crippen molar-refractivity contribution in [2.75, 3.05) is 0 Å². The molecule has 2 heterocycles. The van der Waals surface area contributed by atoms with Crippen LogP contribution in [0.15, 0.2) is 53.3 Å². The van der Waals surface area contributed by atoms with Crippen LogP contribution in [0, 0.1) is 6.92 Å². The fourth-order valence-electron chi connectivity index (χ4n) is 1.97. The van der Waals surface area contributed by atoms with E-state index in [1.165, 1.54) is 0 Å². The van der Waals surface area contributed by atoms with Gasteiger partial charge in [-0.25, -0.2) is 0 Å². The van der Waals surface area contributed by atoms with Crippen LogP contribution in [0.4, 0.5) is 0 Å². The zero-order valence-electron chi connectivity index (χ0n) is 11.0. The van der Waals surface area contributed by atoms with Crippen molar-refractivity contribution in [1.82, 2.24) is 15.1 Å². The van der Waals surface area contributed by atoms with Gasteiger partial charge in [0, 0.05) is 18.0 Å². The highest BCUT2D eigenvalue weighted by atomic mass is 16.5. The minimum absolute atomic E-state index is 0.398. The van der Waals surface area contributed by atoms with Gasteiger partial charge < -0.3 is 10.3 Å². The quantitative estimate of drug-likeness (QED) is 0.788. The molecule has 0 saturated heterocycles. The number of aryl methyl sites for hydroxylation is 1. The molecule has 1 aromatic carbocycles. The van der Waals surface area contributed by atoms with Crippen LogP contribution in [-0.2, 0) is 0 Å². The van der Waals surface area contributed by atoms with Crippen LogP contribution >= 0.6 is 0 Å². The molecule has 2 aromatic heterocycles. The summed E-state index contributed by atoms with van der Waals surface area (Å²) in [6.45, 7) is 1.98. The monoisotopic (exact) mass is 266 g/mol. The molecule has 3 rings (SSSR count). The summed E-state index contributed by atoms with van der Waals surface area (Å²) in [7, 11) is 0. The molecule has 5 heteroatoms. The highest BCUT2D eigenvalue weighted by Gasteiger charge is 2.18. The SMILES string of the molecule is Cc1ccncc1-c1noc([C@H](N)c2ccccc2)n1. The van der Waals surface area contributed by atoms with Gasteiger partial charge in [-0.05, 0) is 24.1 Å². The molecule has 0 aliphatic rings. The molecule has 2 N–H and O–H groups in total. The molecule has 0 aliphatic heterocycles. The number of hydrogen-bond acceptors (Lipinski definition) is 5. The average Bonchev–Trinajstić information content (AvgIpc) is 2.97. The van der Waals surface area contributed by atoms with E-state index < -0.39 is 6.04 Å². The third-order valence-electron chi connectivity index (χ3n) is 3.15.